The molecule has 1 aliphatic heterocycles. The van der Waals surface area contributed by atoms with E-state index < -0.39 is 11.4 Å². The van der Waals surface area contributed by atoms with E-state index in [-0.39, 0.29) is 5.91 Å². The number of aliphatic carboxylic acids is 1. The molecule has 1 amide bonds. The molecule has 0 saturated carbocycles. The summed E-state index contributed by atoms with van der Waals surface area (Å²) in [4.78, 5) is 29.8. The van der Waals surface area contributed by atoms with E-state index in [4.69, 9.17) is 0 Å². The predicted molar refractivity (Wildman–Crippen MR) is 117 cm³/mol. The van der Waals surface area contributed by atoms with Gasteiger partial charge in [-0.1, -0.05) is 36.4 Å². The number of hydrogen-bond acceptors (Lipinski definition) is 3. The Balaban J connectivity index is 1.59. The van der Waals surface area contributed by atoms with Crippen molar-refractivity contribution in [2.24, 2.45) is 0 Å². The fourth-order valence-corrected chi connectivity index (χ4v) is 5.00. The lowest BCUT2D eigenvalue weighted by Crippen LogP contribution is -2.50. The highest BCUT2D eigenvalue weighted by Crippen LogP contribution is 2.43. The zero-order valence-electron chi connectivity index (χ0n) is 17.8. The third-order valence-corrected chi connectivity index (χ3v) is 6.80. The molecule has 1 aliphatic carbocycles. The Morgan fingerprint density at radius 2 is 1.63 bits per heavy atom. The Kier molecular flexibility index (Phi) is 5.65. The molecule has 5 nitrogen and oxygen atoms in total. The minimum atomic E-state index is -1.04. The van der Waals surface area contributed by atoms with Crippen molar-refractivity contribution in [3.8, 4) is 0 Å². The van der Waals surface area contributed by atoms with Crippen LogP contribution in [-0.2, 0) is 16.6 Å². The Bertz CT molecular complexity index is 930. The van der Waals surface area contributed by atoms with Gasteiger partial charge in [0, 0.05) is 37.8 Å². The highest BCUT2D eigenvalue weighted by Gasteiger charge is 2.45. The summed E-state index contributed by atoms with van der Waals surface area (Å²) in [7, 11) is 0. The normalized spacial score (nSPS) is 22.0. The number of carbonyl (C=O) groups excluding carboxylic acids is 1. The SMILES string of the molecule is CC(C)N1CCN(C(=O)c2ccc(C3(C(=O)O)CCCc4ccccc43)cc2)CC1. The van der Waals surface area contributed by atoms with Crippen LogP contribution < -0.4 is 0 Å². The van der Waals surface area contributed by atoms with Crippen molar-refractivity contribution in [1.82, 2.24) is 9.80 Å². The molecule has 1 N–H and O–H groups in total. The first-order chi connectivity index (χ1) is 14.4. The molecule has 2 aromatic rings. The van der Waals surface area contributed by atoms with Gasteiger partial charge in [0.15, 0.2) is 0 Å². The predicted octanol–water partition coefficient (Wildman–Crippen LogP) is 3.56. The summed E-state index contributed by atoms with van der Waals surface area (Å²) < 4.78 is 0. The number of carboxylic acids is 1. The number of piperazine rings is 1. The summed E-state index contributed by atoms with van der Waals surface area (Å²) in [6, 6.07) is 15.6. The number of carboxylic acid groups (broad SMARTS) is 1. The second-order valence-corrected chi connectivity index (χ2v) is 8.72. The summed E-state index contributed by atoms with van der Waals surface area (Å²) in [6.07, 6.45) is 2.32. The van der Waals surface area contributed by atoms with Gasteiger partial charge in [0.25, 0.3) is 5.91 Å². The lowest BCUT2D eigenvalue weighted by molar-refractivity contribution is -0.142. The van der Waals surface area contributed by atoms with Crippen molar-refractivity contribution in [3.63, 3.8) is 0 Å². The van der Waals surface area contributed by atoms with Crippen LogP contribution in [0.1, 0.15) is 53.7 Å². The minimum absolute atomic E-state index is 0.0263. The second-order valence-electron chi connectivity index (χ2n) is 8.72. The van der Waals surface area contributed by atoms with Crippen LogP contribution in [0.2, 0.25) is 0 Å². The van der Waals surface area contributed by atoms with E-state index >= 15 is 0 Å². The van der Waals surface area contributed by atoms with Crippen LogP contribution in [0.15, 0.2) is 48.5 Å². The molecule has 30 heavy (non-hydrogen) atoms. The van der Waals surface area contributed by atoms with Crippen LogP contribution in [0.5, 0.6) is 0 Å². The number of aryl methyl sites for hydroxylation is 1. The third kappa shape index (κ3) is 3.52. The number of amides is 1. The summed E-state index contributed by atoms with van der Waals surface area (Å²) in [5, 5.41) is 10.3. The van der Waals surface area contributed by atoms with Gasteiger partial charge in [-0.25, -0.2) is 0 Å². The van der Waals surface area contributed by atoms with Crippen LogP contribution in [-0.4, -0.2) is 59.0 Å². The van der Waals surface area contributed by atoms with Gasteiger partial charge in [0.2, 0.25) is 0 Å². The van der Waals surface area contributed by atoms with Gasteiger partial charge >= 0.3 is 5.97 Å². The molecule has 1 unspecified atom stereocenters. The number of rotatable bonds is 4. The largest absolute Gasteiger partial charge is 0.480 e. The van der Waals surface area contributed by atoms with Crippen LogP contribution in [0.25, 0.3) is 0 Å². The topological polar surface area (TPSA) is 60.9 Å². The van der Waals surface area contributed by atoms with Gasteiger partial charge in [0.05, 0.1) is 0 Å². The van der Waals surface area contributed by atoms with E-state index in [0.29, 0.717) is 18.0 Å². The molecule has 1 saturated heterocycles. The molecule has 0 radical (unpaired) electrons. The summed E-state index contributed by atoms with van der Waals surface area (Å²) >= 11 is 0. The van der Waals surface area contributed by atoms with E-state index in [1.54, 1.807) is 12.1 Å². The maximum atomic E-state index is 13.0. The van der Waals surface area contributed by atoms with Gasteiger partial charge in [0.1, 0.15) is 5.41 Å². The van der Waals surface area contributed by atoms with E-state index in [1.807, 2.05) is 41.3 Å². The molecule has 1 fully saturated rings. The number of fused-ring (bicyclic) bond motifs is 1. The molecule has 4 rings (SSSR count). The standard InChI is InChI=1S/C25H30N2O3/c1-18(2)26-14-16-27(17-15-26)23(28)20-9-11-21(12-10-20)25(24(29)30)13-5-7-19-6-3-4-8-22(19)25/h3-4,6,8-12,18H,5,7,13-17H2,1-2H3,(H,29,30). The quantitative estimate of drug-likeness (QED) is 0.843. The van der Waals surface area contributed by atoms with Crippen molar-refractivity contribution < 1.29 is 14.7 Å². The molecular weight excluding hydrogens is 376 g/mol. The zero-order valence-corrected chi connectivity index (χ0v) is 17.8. The average Bonchev–Trinajstić information content (AvgIpc) is 2.78. The summed E-state index contributed by atoms with van der Waals surface area (Å²) in [5.74, 6) is -0.795. The first-order valence-electron chi connectivity index (χ1n) is 10.9. The van der Waals surface area contributed by atoms with Crippen molar-refractivity contribution in [3.05, 3.63) is 70.8 Å². The van der Waals surface area contributed by atoms with Crippen LogP contribution in [0.4, 0.5) is 0 Å². The van der Waals surface area contributed by atoms with Crippen LogP contribution in [0.3, 0.4) is 0 Å². The first kappa shape index (κ1) is 20.6. The Labute approximate surface area is 178 Å². The van der Waals surface area contributed by atoms with E-state index in [9.17, 15) is 14.7 Å². The number of carbonyl (C=O) groups is 2. The molecule has 0 aromatic heterocycles. The van der Waals surface area contributed by atoms with Gasteiger partial charge < -0.3 is 10.0 Å². The number of hydrogen-bond donors (Lipinski definition) is 1. The fourth-order valence-electron chi connectivity index (χ4n) is 5.00. The third-order valence-electron chi connectivity index (χ3n) is 6.80. The maximum absolute atomic E-state index is 13.0. The molecule has 0 spiro atoms. The smallest absolute Gasteiger partial charge is 0.318 e. The Morgan fingerprint density at radius 3 is 2.27 bits per heavy atom. The molecule has 0 bridgehead atoms. The van der Waals surface area contributed by atoms with Gasteiger partial charge in [-0.15, -0.1) is 0 Å². The second kappa shape index (κ2) is 8.23. The van der Waals surface area contributed by atoms with Crippen LogP contribution in [0, 0.1) is 0 Å². The highest BCUT2D eigenvalue weighted by molar-refractivity contribution is 5.95. The lowest BCUT2D eigenvalue weighted by Gasteiger charge is -2.37. The van der Waals surface area contributed by atoms with Gasteiger partial charge in [-0.3, -0.25) is 14.5 Å². The fraction of sp³-hybridized carbons (Fsp3) is 0.440. The zero-order chi connectivity index (χ0) is 21.3. The van der Waals surface area contributed by atoms with Gasteiger partial charge in [-0.05, 0) is 61.9 Å². The number of benzene rings is 2. The molecule has 1 atom stereocenters. The van der Waals surface area contributed by atoms with Crippen molar-refractivity contribution in [2.45, 2.75) is 44.6 Å². The maximum Gasteiger partial charge on any atom is 0.318 e. The number of nitrogens with zero attached hydrogens (tertiary/aromatic N) is 2. The van der Waals surface area contributed by atoms with Crippen molar-refractivity contribution in [1.29, 1.82) is 0 Å². The molecule has 158 valence electrons. The average molecular weight is 407 g/mol. The lowest BCUT2D eigenvalue weighted by atomic mass is 9.66. The molecule has 2 aliphatic rings. The van der Waals surface area contributed by atoms with E-state index in [0.717, 1.165) is 55.7 Å². The van der Waals surface area contributed by atoms with Crippen molar-refractivity contribution >= 4 is 11.9 Å². The summed E-state index contributed by atoms with van der Waals surface area (Å²) in [6.45, 7) is 7.59. The van der Waals surface area contributed by atoms with Gasteiger partial charge in [-0.2, -0.15) is 0 Å². The first-order valence-corrected chi connectivity index (χ1v) is 10.9. The Morgan fingerprint density at radius 1 is 0.967 bits per heavy atom. The van der Waals surface area contributed by atoms with E-state index in [1.165, 1.54) is 0 Å². The Hall–Kier alpha value is -2.66. The minimum Gasteiger partial charge on any atom is -0.480 e. The van der Waals surface area contributed by atoms with Crippen LogP contribution >= 0.6 is 0 Å². The monoisotopic (exact) mass is 406 g/mol. The highest BCUT2D eigenvalue weighted by atomic mass is 16.4. The molecule has 1 heterocycles. The van der Waals surface area contributed by atoms with E-state index in [2.05, 4.69) is 18.7 Å². The summed E-state index contributed by atoms with van der Waals surface area (Å²) in [5.41, 5.74) is 2.32. The molecule has 2 aromatic carbocycles. The molecule has 5 heteroatoms. The van der Waals surface area contributed by atoms with Crippen molar-refractivity contribution in [2.75, 3.05) is 26.2 Å². The molecular formula is C25H30N2O3.